The number of rotatable bonds is 11. The van der Waals surface area contributed by atoms with Gasteiger partial charge in [0.05, 0.1) is 30.1 Å². The highest BCUT2D eigenvalue weighted by atomic mass is 32.1. The third-order valence-electron chi connectivity index (χ3n) is 7.69. The second-order valence-electron chi connectivity index (χ2n) is 10.9. The van der Waals surface area contributed by atoms with Gasteiger partial charge in [0.15, 0.2) is 23.7 Å². The maximum Gasteiger partial charge on any atom is 0.223 e. The van der Waals surface area contributed by atoms with Crippen LogP contribution >= 0.6 is 12.6 Å². The summed E-state index contributed by atoms with van der Waals surface area (Å²) in [5, 5.41) is 19.9. The molecule has 4 aromatic rings. The second-order valence-corrected chi connectivity index (χ2v) is 11.5. The fourth-order valence-corrected chi connectivity index (χ4v) is 5.60. The number of nitrogens with zero attached hydrogens (tertiary/aromatic N) is 6. The SMILES string of the molecule is CN/C=N\c1c(C=O)cc(Nc2cc(C)[nH]n2)nc1C1CCC(C(=O)NC(C)C(S)c2ccc(-n3cc(F)cn3)nc2)CC1. The van der Waals surface area contributed by atoms with Crippen molar-refractivity contribution >= 4 is 48.5 Å². The van der Waals surface area contributed by atoms with Gasteiger partial charge in [-0.05, 0) is 57.2 Å². The number of nitrogens with one attached hydrogen (secondary N) is 4. The number of H-pyrrole nitrogens is 1. The van der Waals surface area contributed by atoms with E-state index in [1.807, 2.05) is 26.0 Å². The van der Waals surface area contributed by atoms with Crippen LogP contribution in [-0.4, -0.2) is 61.6 Å². The zero-order valence-corrected chi connectivity index (χ0v) is 25.6. The summed E-state index contributed by atoms with van der Waals surface area (Å²) in [5.74, 6) is 0.986. The molecule has 14 heteroatoms. The van der Waals surface area contributed by atoms with Gasteiger partial charge in [0.1, 0.15) is 5.82 Å². The number of hydrogen-bond acceptors (Lipinski definition) is 9. The summed E-state index contributed by atoms with van der Waals surface area (Å²) in [4.78, 5) is 39.1. The highest BCUT2D eigenvalue weighted by Gasteiger charge is 2.31. The smallest absolute Gasteiger partial charge is 0.223 e. The number of pyridine rings is 2. The number of carbonyl (C=O) groups excluding carboxylic acids is 2. The van der Waals surface area contributed by atoms with Crippen LogP contribution in [0.3, 0.4) is 0 Å². The summed E-state index contributed by atoms with van der Waals surface area (Å²) in [6, 6.07) is 6.84. The molecule has 1 saturated carbocycles. The van der Waals surface area contributed by atoms with Crippen LogP contribution in [0.25, 0.3) is 5.82 Å². The lowest BCUT2D eigenvalue weighted by atomic mass is 9.79. The molecular formula is C30H35FN10O2S. The Kier molecular flexibility index (Phi) is 9.68. The molecule has 44 heavy (non-hydrogen) atoms. The Morgan fingerprint density at radius 2 is 2.00 bits per heavy atom. The van der Waals surface area contributed by atoms with E-state index in [9.17, 15) is 14.0 Å². The number of aryl methyl sites for hydroxylation is 1. The highest BCUT2D eigenvalue weighted by molar-refractivity contribution is 7.80. The molecule has 2 atom stereocenters. The Hall–Kier alpha value is -4.59. The molecule has 1 aliphatic carbocycles. The number of aldehydes is 1. The van der Waals surface area contributed by atoms with E-state index in [0.29, 0.717) is 60.1 Å². The molecule has 0 aromatic carbocycles. The van der Waals surface area contributed by atoms with Gasteiger partial charge in [-0.1, -0.05) is 6.07 Å². The number of hydrogen-bond donors (Lipinski definition) is 5. The van der Waals surface area contributed by atoms with Gasteiger partial charge in [-0.2, -0.15) is 22.8 Å². The highest BCUT2D eigenvalue weighted by Crippen LogP contribution is 2.41. The Balaban J connectivity index is 1.23. The molecule has 1 fully saturated rings. The first-order chi connectivity index (χ1) is 21.2. The molecule has 4 N–H and O–H groups in total. The summed E-state index contributed by atoms with van der Waals surface area (Å²) < 4.78 is 14.7. The van der Waals surface area contributed by atoms with Crippen LogP contribution in [0.5, 0.6) is 0 Å². The third-order valence-corrected chi connectivity index (χ3v) is 8.43. The quantitative estimate of drug-likeness (QED) is 0.0700. The van der Waals surface area contributed by atoms with Gasteiger partial charge in [0.2, 0.25) is 5.91 Å². The van der Waals surface area contributed by atoms with Crippen molar-refractivity contribution in [3.05, 3.63) is 71.2 Å². The fourth-order valence-electron chi connectivity index (χ4n) is 5.37. The Morgan fingerprint density at radius 3 is 2.61 bits per heavy atom. The monoisotopic (exact) mass is 618 g/mol. The van der Waals surface area contributed by atoms with Crippen LogP contribution in [-0.2, 0) is 4.79 Å². The molecule has 0 radical (unpaired) electrons. The number of thiol groups is 1. The van der Waals surface area contributed by atoms with E-state index in [2.05, 4.69) is 41.2 Å². The zero-order chi connectivity index (χ0) is 31.2. The predicted octanol–water partition coefficient (Wildman–Crippen LogP) is 4.72. The van der Waals surface area contributed by atoms with Crippen LogP contribution in [0.1, 0.15) is 71.1 Å². The molecule has 0 spiro atoms. The van der Waals surface area contributed by atoms with E-state index >= 15 is 0 Å². The van der Waals surface area contributed by atoms with Crippen molar-refractivity contribution in [1.29, 1.82) is 0 Å². The summed E-state index contributed by atoms with van der Waals surface area (Å²) in [6.07, 6.45) is 9.11. The van der Waals surface area contributed by atoms with E-state index in [1.165, 1.54) is 17.2 Å². The maximum absolute atomic E-state index is 13.3. The van der Waals surface area contributed by atoms with Crippen molar-refractivity contribution in [1.82, 2.24) is 40.6 Å². The summed E-state index contributed by atoms with van der Waals surface area (Å²) >= 11 is 4.74. The first kappa shape index (κ1) is 30.9. The summed E-state index contributed by atoms with van der Waals surface area (Å²) in [7, 11) is 1.74. The number of aromatic amines is 1. The predicted molar refractivity (Wildman–Crippen MR) is 169 cm³/mol. The van der Waals surface area contributed by atoms with Gasteiger partial charge in [0.25, 0.3) is 0 Å². The van der Waals surface area contributed by atoms with Crippen molar-refractivity contribution in [2.75, 3.05) is 12.4 Å². The standard InChI is InChI=1S/C30H35FN10O2S/c1-17-10-25(40-39-17)37-24-11-22(15-42)27(34-16-32-3)28(38-24)19-4-6-20(7-5-19)30(43)36-18(2)29(44)21-8-9-26(33-12-21)41-14-23(31)13-35-41/h8-16,18-20,29,44H,4-7H2,1-3H3,(H,32,34)(H,36,43)(H2,37,38,39,40). The summed E-state index contributed by atoms with van der Waals surface area (Å²) in [5.41, 5.74) is 3.38. The van der Waals surface area contributed by atoms with Gasteiger partial charge in [-0.15, -0.1) is 0 Å². The largest absolute Gasteiger partial charge is 0.379 e. The van der Waals surface area contributed by atoms with Crippen molar-refractivity contribution in [3.63, 3.8) is 0 Å². The van der Waals surface area contributed by atoms with Crippen LogP contribution < -0.4 is 16.0 Å². The number of aromatic nitrogens is 6. The minimum Gasteiger partial charge on any atom is -0.379 e. The van der Waals surface area contributed by atoms with E-state index in [0.717, 1.165) is 23.7 Å². The summed E-state index contributed by atoms with van der Waals surface area (Å²) in [6.45, 7) is 3.81. The lowest BCUT2D eigenvalue weighted by Crippen LogP contribution is -2.40. The Morgan fingerprint density at radius 1 is 1.20 bits per heavy atom. The van der Waals surface area contributed by atoms with Crippen molar-refractivity contribution in [2.24, 2.45) is 10.9 Å². The van der Waals surface area contributed by atoms with Crippen molar-refractivity contribution in [2.45, 2.75) is 56.7 Å². The molecule has 1 amide bonds. The van der Waals surface area contributed by atoms with E-state index in [-0.39, 0.29) is 29.0 Å². The van der Waals surface area contributed by atoms with E-state index < -0.39 is 5.82 Å². The number of aliphatic imine (C=N–C) groups is 1. The first-order valence-electron chi connectivity index (χ1n) is 14.4. The first-order valence-corrected chi connectivity index (χ1v) is 14.9. The Labute approximate surface area is 259 Å². The number of carbonyl (C=O) groups is 2. The maximum atomic E-state index is 13.3. The molecular weight excluding hydrogens is 583 g/mol. The van der Waals surface area contributed by atoms with Gasteiger partial charge in [0, 0.05) is 53.7 Å². The van der Waals surface area contributed by atoms with Crippen molar-refractivity contribution < 1.29 is 14.0 Å². The lowest BCUT2D eigenvalue weighted by Gasteiger charge is -2.30. The molecule has 230 valence electrons. The zero-order valence-electron chi connectivity index (χ0n) is 24.7. The van der Waals surface area contributed by atoms with Gasteiger partial charge in [-0.3, -0.25) is 14.7 Å². The van der Waals surface area contributed by atoms with Crippen LogP contribution in [0.15, 0.2) is 47.8 Å². The van der Waals surface area contributed by atoms with Crippen LogP contribution in [0.4, 0.5) is 21.7 Å². The number of halogens is 1. The Bertz CT molecular complexity index is 1630. The third kappa shape index (κ3) is 7.13. The normalized spacial score (nSPS) is 18.1. The molecule has 0 aliphatic heterocycles. The van der Waals surface area contributed by atoms with Gasteiger partial charge < -0.3 is 16.0 Å². The number of anilines is 2. The van der Waals surface area contributed by atoms with E-state index in [1.54, 1.807) is 25.4 Å². The number of amides is 1. The van der Waals surface area contributed by atoms with Crippen LogP contribution in [0.2, 0.25) is 0 Å². The minimum atomic E-state index is -0.441. The fraction of sp³-hybridized carbons (Fsp3) is 0.367. The second kappa shape index (κ2) is 13.8. The molecule has 4 aromatic heterocycles. The van der Waals surface area contributed by atoms with Gasteiger partial charge >= 0.3 is 0 Å². The van der Waals surface area contributed by atoms with Crippen LogP contribution in [0, 0.1) is 18.7 Å². The molecule has 0 saturated heterocycles. The lowest BCUT2D eigenvalue weighted by molar-refractivity contribution is -0.126. The average Bonchev–Trinajstić information content (AvgIpc) is 3.66. The van der Waals surface area contributed by atoms with Crippen molar-refractivity contribution in [3.8, 4) is 5.82 Å². The molecule has 4 heterocycles. The molecule has 12 nitrogen and oxygen atoms in total. The average molecular weight is 619 g/mol. The topological polar surface area (TPSA) is 155 Å². The van der Waals surface area contributed by atoms with E-state index in [4.69, 9.17) is 17.6 Å². The molecule has 1 aliphatic rings. The minimum absolute atomic E-state index is 0.0207. The van der Waals surface area contributed by atoms with Gasteiger partial charge in [-0.25, -0.2) is 24.0 Å². The molecule has 2 unspecified atom stereocenters. The molecule has 0 bridgehead atoms. The molecule has 5 rings (SSSR count).